The number of hydrogen-bond donors (Lipinski definition) is 1. The lowest BCUT2D eigenvalue weighted by Crippen LogP contribution is -2.13. The van der Waals surface area contributed by atoms with Crippen LogP contribution in [0.5, 0.6) is 11.5 Å². The fraction of sp³-hybridized carbons (Fsp3) is 0.214. The fourth-order valence-electron chi connectivity index (χ4n) is 1.89. The van der Waals surface area contributed by atoms with E-state index in [0.29, 0.717) is 16.5 Å². The first-order chi connectivity index (χ1) is 9.56. The molecule has 0 fully saturated rings. The van der Waals surface area contributed by atoms with Gasteiger partial charge in [0.2, 0.25) is 0 Å². The third kappa shape index (κ3) is 3.06. The molecule has 0 saturated heterocycles. The second-order valence-corrected chi connectivity index (χ2v) is 5.47. The van der Waals surface area contributed by atoms with E-state index >= 15 is 0 Å². The van der Waals surface area contributed by atoms with E-state index in [4.69, 9.17) is 26.8 Å². The molecule has 106 valence electrons. The van der Waals surface area contributed by atoms with Crippen molar-refractivity contribution in [2.45, 2.75) is 6.04 Å². The highest BCUT2D eigenvalue weighted by Gasteiger charge is 2.17. The zero-order valence-corrected chi connectivity index (χ0v) is 13.4. The maximum atomic E-state index is 6.27. The monoisotopic (exact) mass is 356 g/mol. The average Bonchev–Trinajstić information content (AvgIpc) is 2.46. The maximum absolute atomic E-state index is 6.27. The van der Waals surface area contributed by atoms with Crippen molar-refractivity contribution in [3.63, 3.8) is 0 Å². The van der Waals surface area contributed by atoms with Gasteiger partial charge in [-0.2, -0.15) is 0 Å². The Labute approximate surface area is 131 Å². The van der Waals surface area contributed by atoms with Gasteiger partial charge in [0.25, 0.3) is 0 Å². The molecule has 2 aromatic rings. The lowest BCUT2D eigenvalue weighted by Gasteiger charge is -2.17. The molecule has 4 nitrogen and oxygen atoms in total. The quantitative estimate of drug-likeness (QED) is 0.909. The molecule has 0 bridgehead atoms. The summed E-state index contributed by atoms with van der Waals surface area (Å²) in [5, 5.41) is 0.523. The lowest BCUT2D eigenvalue weighted by molar-refractivity contribution is 0.354. The van der Waals surface area contributed by atoms with Gasteiger partial charge >= 0.3 is 0 Å². The van der Waals surface area contributed by atoms with E-state index in [1.54, 1.807) is 38.7 Å². The van der Waals surface area contributed by atoms with Crippen LogP contribution in [-0.2, 0) is 0 Å². The second-order valence-electron chi connectivity index (χ2n) is 4.14. The van der Waals surface area contributed by atoms with Gasteiger partial charge in [0, 0.05) is 28.0 Å². The van der Waals surface area contributed by atoms with Gasteiger partial charge in [-0.15, -0.1) is 0 Å². The number of benzene rings is 1. The Bertz CT molecular complexity index is 622. The summed E-state index contributed by atoms with van der Waals surface area (Å²) in [4.78, 5) is 4.11. The van der Waals surface area contributed by atoms with Gasteiger partial charge in [0.1, 0.15) is 0 Å². The van der Waals surface area contributed by atoms with Gasteiger partial charge in [-0.25, -0.2) is 0 Å². The maximum Gasteiger partial charge on any atom is 0.162 e. The molecule has 1 atom stereocenters. The van der Waals surface area contributed by atoms with E-state index < -0.39 is 6.04 Å². The van der Waals surface area contributed by atoms with Crippen molar-refractivity contribution < 1.29 is 9.47 Å². The highest BCUT2D eigenvalue weighted by molar-refractivity contribution is 9.10. The van der Waals surface area contributed by atoms with Crippen LogP contribution in [0.25, 0.3) is 0 Å². The minimum absolute atomic E-state index is 0.396. The van der Waals surface area contributed by atoms with Crippen LogP contribution in [0.1, 0.15) is 17.2 Å². The Morgan fingerprint density at radius 3 is 2.40 bits per heavy atom. The van der Waals surface area contributed by atoms with Gasteiger partial charge in [-0.05, 0) is 39.2 Å². The summed E-state index contributed by atoms with van der Waals surface area (Å²) >= 11 is 9.65. The summed E-state index contributed by atoms with van der Waals surface area (Å²) in [6.07, 6.45) is 3.41. The Hall–Kier alpha value is -1.30. The third-order valence-corrected chi connectivity index (χ3v) is 3.68. The zero-order chi connectivity index (χ0) is 14.7. The summed E-state index contributed by atoms with van der Waals surface area (Å²) in [5.41, 5.74) is 7.87. The number of aromatic nitrogens is 1. The van der Waals surface area contributed by atoms with Crippen LogP contribution in [0, 0.1) is 0 Å². The number of nitrogens with two attached hydrogens (primary N) is 1. The smallest absolute Gasteiger partial charge is 0.162 e. The van der Waals surface area contributed by atoms with Crippen LogP contribution >= 0.6 is 27.5 Å². The van der Waals surface area contributed by atoms with Gasteiger partial charge in [-0.1, -0.05) is 11.6 Å². The Morgan fingerprint density at radius 2 is 1.80 bits per heavy atom. The van der Waals surface area contributed by atoms with E-state index in [1.807, 2.05) is 6.07 Å². The molecule has 20 heavy (non-hydrogen) atoms. The van der Waals surface area contributed by atoms with E-state index in [2.05, 4.69) is 20.9 Å². The van der Waals surface area contributed by atoms with Crippen LogP contribution in [-0.4, -0.2) is 19.2 Å². The molecule has 0 aliphatic carbocycles. The highest BCUT2D eigenvalue weighted by Crippen LogP contribution is 2.37. The van der Waals surface area contributed by atoms with Crippen LogP contribution in [0.3, 0.4) is 0 Å². The second kappa shape index (κ2) is 6.43. The number of hydrogen-bond acceptors (Lipinski definition) is 4. The molecule has 1 aromatic heterocycles. The van der Waals surface area contributed by atoms with E-state index in [1.165, 1.54) is 0 Å². The molecular weight excluding hydrogens is 344 g/mol. The van der Waals surface area contributed by atoms with Gasteiger partial charge in [0.15, 0.2) is 11.5 Å². The van der Waals surface area contributed by atoms with Crippen molar-refractivity contribution in [2.75, 3.05) is 14.2 Å². The SMILES string of the molecule is COc1cc(Cl)c(C(N)c2cncc(Br)c2)cc1OC. The van der Waals surface area contributed by atoms with Crippen molar-refractivity contribution in [3.8, 4) is 11.5 Å². The summed E-state index contributed by atoms with van der Waals surface area (Å²) < 4.78 is 11.3. The van der Waals surface area contributed by atoms with Crippen LogP contribution in [0.4, 0.5) is 0 Å². The lowest BCUT2D eigenvalue weighted by atomic mass is 10.0. The molecule has 2 rings (SSSR count). The number of methoxy groups -OCH3 is 2. The molecule has 0 aliphatic rings. The van der Waals surface area contributed by atoms with Gasteiger partial charge in [-0.3, -0.25) is 4.98 Å². The van der Waals surface area contributed by atoms with Crippen LogP contribution < -0.4 is 15.2 Å². The first-order valence-electron chi connectivity index (χ1n) is 5.84. The van der Waals surface area contributed by atoms with Crippen molar-refractivity contribution >= 4 is 27.5 Å². The first kappa shape index (κ1) is 15.1. The molecule has 1 unspecified atom stereocenters. The average molecular weight is 358 g/mol. The van der Waals surface area contributed by atoms with Crippen molar-refractivity contribution in [2.24, 2.45) is 5.73 Å². The molecule has 1 heterocycles. The van der Waals surface area contributed by atoms with Crippen LogP contribution in [0.2, 0.25) is 5.02 Å². The number of ether oxygens (including phenoxy) is 2. The summed E-state index contributed by atoms with van der Waals surface area (Å²) in [5.74, 6) is 1.16. The minimum Gasteiger partial charge on any atom is -0.493 e. The molecule has 2 N–H and O–H groups in total. The summed E-state index contributed by atoms with van der Waals surface area (Å²) in [7, 11) is 3.13. The molecule has 0 amide bonds. The molecule has 0 saturated carbocycles. The van der Waals surface area contributed by atoms with Gasteiger partial charge < -0.3 is 15.2 Å². The first-order valence-corrected chi connectivity index (χ1v) is 7.01. The summed E-state index contributed by atoms with van der Waals surface area (Å²) in [6, 6.07) is 4.99. The normalized spacial score (nSPS) is 12.1. The van der Waals surface area contributed by atoms with Crippen molar-refractivity contribution in [1.29, 1.82) is 0 Å². The molecule has 0 spiro atoms. The predicted molar refractivity (Wildman–Crippen MR) is 82.5 cm³/mol. The predicted octanol–water partition coefficient (Wildman–Crippen LogP) is 3.56. The number of nitrogens with zero attached hydrogens (tertiary/aromatic N) is 1. The topological polar surface area (TPSA) is 57.4 Å². The number of rotatable bonds is 4. The van der Waals surface area contributed by atoms with Gasteiger partial charge in [0.05, 0.1) is 20.3 Å². The summed E-state index contributed by atoms with van der Waals surface area (Å²) in [6.45, 7) is 0. The zero-order valence-electron chi connectivity index (χ0n) is 11.1. The Balaban J connectivity index is 2.46. The highest BCUT2D eigenvalue weighted by atomic mass is 79.9. The van der Waals surface area contributed by atoms with E-state index in [-0.39, 0.29) is 0 Å². The number of pyridine rings is 1. The standard InChI is InChI=1S/C14H14BrClN2O2/c1-19-12-4-10(11(16)5-13(12)20-2)14(17)8-3-9(15)7-18-6-8/h3-7,14H,17H2,1-2H3. The Kier molecular flexibility index (Phi) is 4.86. The fourth-order valence-corrected chi connectivity index (χ4v) is 2.54. The van der Waals surface area contributed by atoms with Crippen LogP contribution in [0.15, 0.2) is 35.1 Å². The third-order valence-electron chi connectivity index (χ3n) is 2.92. The van der Waals surface area contributed by atoms with E-state index in [9.17, 15) is 0 Å². The van der Waals surface area contributed by atoms with Crippen molar-refractivity contribution in [1.82, 2.24) is 4.98 Å². The molecule has 6 heteroatoms. The molecule has 0 aliphatic heterocycles. The Morgan fingerprint density at radius 1 is 1.15 bits per heavy atom. The molecular formula is C14H14BrClN2O2. The van der Waals surface area contributed by atoms with E-state index in [0.717, 1.165) is 15.6 Å². The number of halogens is 2. The minimum atomic E-state index is -0.396. The molecule has 0 radical (unpaired) electrons. The molecule has 1 aromatic carbocycles. The largest absolute Gasteiger partial charge is 0.493 e. The van der Waals surface area contributed by atoms with Crippen molar-refractivity contribution in [3.05, 3.63) is 51.2 Å².